The molecule has 0 bridgehead atoms. The minimum absolute atomic E-state index is 0. The van der Waals surface area contributed by atoms with E-state index in [9.17, 15) is 38.4 Å². The average Bonchev–Trinajstić information content (AvgIpc) is 1.72. The van der Waals surface area contributed by atoms with Crippen LogP contribution in [0.1, 0.15) is 262 Å². The van der Waals surface area contributed by atoms with E-state index in [4.69, 9.17) is 31.2 Å². The van der Waals surface area contributed by atoms with Gasteiger partial charge in [-0.15, -0.1) is 0 Å². The van der Waals surface area contributed by atoms with Gasteiger partial charge in [0.1, 0.15) is 23.7 Å². The van der Waals surface area contributed by atoms with Gasteiger partial charge >= 0.3 is 6.09 Å². The maximum atomic E-state index is 12.5. The van der Waals surface area contributed by atoms with E-state index in [1.807, 2.05) is 224 Å². The molecule has 29 heteroatoms. The third-order valence-electron chi connectivity index (χ3n) is 24.9. The Morgan fingerprint density at radius 2 is 0.824 bits per heavy atom. The van der Waals surface area contributed by atoms with Gasteiger partial charge in [0.05, 0.1) is 31.8 Å². The van der Waals surface area contributed by atoms with Gasteiger partial charge in [0, 0.05) is 121 Å². The maximum absolute atomic E-state index is 12.5. The summed E-state index contributed by atoms with van der Waals surface area (Å²) < 4.78 is 11.9. The van der Waals surface area contributed by atoms with Gasteiger partial charge in [0.2, 0.25) is 41.4 Å². The summed E-state index contributed by atoms with van der Waals surface area (Å²) in [6.07, 6.45) is 7.57. The molecule has 8 aliphatic rings. The maximum Gasteiger partial charge on any atom is 0.408 e. The van der Waals surface area contributed by atoms with Crippen molar-refractivity contribution in [1.29, 1.82) is 0 Å². The van der Waals surface area contributed by atoms with Gasteiger partial charge in [-0.05, 0) is 183 Å². The number of alkyl halides is 1. The zero-order valence-corrected chi connectivity index (χ0v) is 82.0. The quantitative estimate of drug-likeness (QED) is 0.0199. The van der Waals surface area contributed by atoms with E-state index >= 15 is 0 Å². The topological polar surface area (TPSA) is 356 Å². The lowest BCUT2D eigenvalue weighted by atomic mass is 9.84. The Bertz CT molecular complexity index is 5060. The molecule has 8 aromatic rings. The highest BCUT2D eigenvalue weighted by Crippen LogP contribution is 2.38. The Kier molecular flexibility index (Phi) is 45.5. The fraction of sp³-hybridized carbons (Fsp3) is 0.477. The van der Waals surface area contributed by atoms with E-state index < -0.39 is 29.8 Å². The number of aliphatic hydroxyl groups excluding tert-OH is 1. The van der Waals surface area contributed by atoms with Gasteiger partial charge in [-0.1, -0.05) is 319 Å². The fourth-order valence-corrected chi connectivity index (χ4v) is 18.4. The van der Waals surface area contributed by atoms with Crippen LogP contribution in [-0.4, -0.2) is 171 Å². The SMILES string of the molecule is C.C.CC(C)c1cc(C(C)C)c(CN=[N+]=[N-])c(C(C)C)c1.CC1CC(N=[N+]=[N-])C(=O)N1Cc1ccccc1.CC1CC(N=[N+]=[N-])C(=O)N1Cc1ccccc1.CC1CC(NC(=O)OC(C)(C)C)C(=O)N1Cc1ccccc1.C[C@@H]1CCC(=O)N1Cc1ccccc1.O=C1CC[C@@H](CI)N1Cc1ccccc1.O=C1CC[C@@H](CO)N1Cc1ccccc1.O=C1CC[C@H]2CO[C@H](c3ccccc3)N12.[HH]. The Labute approximate surface area is 820 Å². The molecule has 730 valence electrons. The molecule has 0 saturated carbocycles. The summed E-state index contributed by atoms with van der Waals surface area (Å²) in [5.74, 6) is 2.19. The number of benzene rings is 8. The lowest BCUT2D eigenvalue weighted by Gasteiger charge is -2.23. The van der Waals surface area contributed by atoms with Crippen LogP contribution >= 0.6 is 22.6 Å². The molecule has 0 aliphatic carbocycles. The number of alkyl carbamates (subject to hydrolysis) is 1. The number of fused-ring (bicyclic) bond motifs is 1. The van der Waals surface area contributed by atoms with Crippen LogP contribution in [0.15, 0.2) is 240 Å². The summed E-state index contributed by atoms with van der Waals surface area (Å²) >= 11 is 2.36. The van der Waals surface area contributed by atoms with Crippen molar-refractivity contribution >= 4 is 70.0 Å². The number of likely N-dealkylation sites (tertiary alicyclic amines) is 6. The highest BCUT2D eigenvalue weighted by atomic mass is 127. The van der Waals surface area contributed by atoms with Crippen molar-refractivity contribution in [3.8, 4) is 0 Å². The molecule has 28 nitrogen and oxygen atoms in total. The Hall–Kier alpha value is -12.1. The van der Waals surface area contributed by atoms with E-state index in [1.54, 1.807) is 40.4 Å². The van der Waals surface area contributed by atoms with Crippen LogP contribution in [0.3, 0.4) is 0 Å². The molecule has 6 unspecified atom stereocenters. The first-order chi connectivity index (χ1) is 64.3. The van der Waals surface area contributed by atoms with Crippen LogP contribution in [0.2, 0.25) is 0 Å². The number of amides is 8. The molecule has 8 aromatic carbocycles. The second-order valence-electron chi connectivity index (χ2n) is 37.0. The lowest BCUT2D eigenvalue weighted by molar-refractivity contribution is -0.134. The van der Waals surface area contributed by atoms with Gasteiger partial charge in [-0.3, -0.25) is 33.6 Å². The van der Waals surface area contributed by atoms with Crippen molar-refractivity contribution < 1.29 is 54.4 Å². The molecule has 8 aliphatic heterocycles. The van der Waals surface area contributed by atoms with Crippen LogP contribution < -0.4 is 5.32 Å². The van der Waals surface area contributed by atoms with Crippen molar-refractivity contribution in [2.24, 2.45) is 15.3 Å². The van der Waals surface area contributed by atoms with E-state index in [2.05, 4.69) is 143 Å². The number of azide groups is 3. The van der Waals surface area contributed by atoms with E-state index in [-0.39, 0.29) is 82.8 Å². The highest BCUT2D eigenvalue weighted by molar-refractivity contribution is 14.1. The number of nitrogens with one attached hydrogen (secondary N) is 1. The molecule has 0 aromatic heterocycles. The molecule has 0 spiro atoms. The molecule has 8 heterocycles. The van der Waals surface area contributed by atoms with Gasteiger partial charge in [-0.25, -0.2) is 4.79 Å². The minimum atomic E-state index is -0.568. The number of hydrogen-bond acceptors (Lipinski definition) is 14. The van der Waals surface area contributed by atoms with Crippen LogP contribution in [0.4, 0.5) is 4.79 Å². The summed E-state index contributed by atoms with van der Waals surface area (Å²) in [5.41, 5.74) is 37.9. The van der Waals surface area contributed by atoms with Crippen LogP contribution in [-0.2, 0) is 88.8 Å². The zero-order valence-electron chi connectivity index (χ0n) is 79.9. The normalized spacial score (nSPS) is 21.1. The molecular formula is C107H144IN17O11. The number of carbonyl (C=O) groups is 8. The first-order valence-corrected chi connectivity index (χ1v) is 48.3. The first-order valence-electron chi connectivity index (χ1n) is 46.8. The molecule has 2 N–H and O–H groups in total. The van der Waals surface area contributed by atoms with Crippen molar-refractivity contribution in [2.45, 2.75) is 311 Å². The standard InChI is InChI=1S/C17H24N2O3.C16H25N3.C12H14INO.2C12H14N4O.C12H13NO2.C12H15NO2.C12H15NO.2CH4.H2/c1-12-10-14(18-16(21)22-17(2,3)4)15(20)19(12)11-13-8-6-5-7-9-13;1-10(2)13-7-14(11(3)4)16(9-18-19-17)15(8-13)12(5)6;13-8-11-6-7-12(15)14(11)9-10-4-2-1-3-5-10;2*1-9-7-11(14-15-13)12(17)16(9)8-10-5-3-2-4-6-10;14-11-7-6-10-8-15-12(13(10)11)9-4-2-1-3-5-9;14-9-11-6-7-12(15)13(11)8-10-4-2-1-3-5-10;1-10-7-8-12(14)13(10)9-11-5-3-2-4-6-11;;;/h5-9,12,14H,10-11H2,1-4H3,(H,18,21);7-8,10-12H,9H2,1-6H3;1-5,11H,6-9H2;2*2-6,9,11H,7-8H2,1H3;1-5,10,12H,6-8H2;1-5,11,14H,6-9H2;2-6,10H,7-9H2,1H3;2*1H4;1H/t;;11-;;;10-,12+;11-;10-;;;/m..0..001.../s1. The number of nitrogens with zero attached hydrogens (tertiary/aromatic N) is 16. The second kappa shape index (κ2) is 55.8. The number of ether oxygens (including phenoxy) is 2. The number of aliphatic hydroxyl groups is 1. The predicted molar refractivity (Wildman–Crippen MR) is 546 cm³/mol. The van der Waals surface area contributed by atoms with E-state index in [0.29, 0.717) is 126 Å². The molecule has 136 heavy (non-hydrogen) atoms. The van der Waals surface area contributed by atoms with Crippen LogP contribution in [0.25, 0.3) is 31.3 Å². The summed E-state index contributed by atoms with van der Waals surface area (Å²) in [7, 11) is 0. The van der Waals surface area contributed by atoms with Gasteiger partial charge in [0.25, 0.3) is 0 Å². The molecule has 0 radical (unpaired) electrons. The third-order valence-corrected chi connectivity index (χ3v) is 25.9. The van der Waals surface area contributed by atoms with Crippen molar-refractivity contribution in [3.63, 3.8) is 0 Å². The second-order valence-corrected chi connectivity index (χ2v) is 37.9. The Balaban J connectivity index is 0.000000240. The monoisotopic (exact) mass is 1970 g/mol. The molecule has 11 atom stereocenters. The average molecular weight is 1970 g/mol. The fourth-order valence-electron chi connectivity index (χ4n) is 17.5. The number of hydrogen-bond donors (Lipinski definition) is 2. The van der Waals surface area contributed by atoms with E-state index in [0.717, 1.165) is 77.4 Å². The van der Waals surface area contributed by atoms with Crippen molar-refractivity contribution in [1.82, 2.24) is 39.6 Å². The van der Waals surface area contributed by atoms with Crippen molar-refractivity contribution in [3.05, 3.63) is 317 Å². The van der Waals surface area contributed by atoms with Gasteiger partial charge in [0.15, 0.2) is 6.23 Å². The first kappa shape index (κ1) is 111. The summed E-state index contributed by atoms with van der Waals surface area (Å²) in [6, 6.07) is 74.2. The number of halogens is 1. The van der Waals surface area contributed by atoms with Crippen LogP contribution in [0, 0.1) is 0 Å². The molecule has 8 saturated heterocycles. The zero-order chi connectivity index (χ0) is 97.0. The number of carbonyl (C=O) groups excluding carboxylic acids is 8. The van der Waals surface area contributed by atoms with Crippen LogP contribution in [0.5, 0.6) is 0 Å². The van der Waals surface area contributed by atoms with Gasteiger partial charge in [-0.2, -0.15) is 0 Å². The minimum Gasteiger partial charge on any atom is -0.444 e. The lowest BCUT2D eigenvalue weighted by Crippen LogP contribution is -2.43. The van der Waals surface area contributed by atoms with E-state index in [1.165, 1.54) is 33.4 Å². The van der Waals surface area contributed by atoms with Gasteiger partial charge < -0.3 is 54.2 Å². The highest BCUT2D eigenvalue weighted by Gasteiger charge is 2.44. The largest absolute Gasteiger partial charge is 0.444 e. The Morgan fingerprint density at radius 1 is 0.471 bits per heavy atom. The predicted octanol–water partition coefficient (Wildman–Crippen LogP) is 22.7. The third kappa shape index (κ3) is 33.1. The Morgan fingerprint density at radius 3 is 1.18 bits per heavy atom. The van der Waals surface area contributed by atoms with Crippen molar-refractivity contribution in [2.75, 3.05) is 17.6 Å². The molecular weight excluding hydrogens is 1830 g/mol. The molecule has 8 fully saturated rings. The molecule has 16 rings (SSSR count). The summed E-state index contributed by atoms with van der Waals surface area (Å²) in [4.78, 5) is 116. The number of rotatable bonds is 23. The molecule has 8 amide bonds. The summed E-state index contributed by atoms with van der Waals surface area (Å²) in [5, 5.41) is 22.7. The smallest absolute Gasteiger partial charge is 0.408 e. The summed E-state index contributed by atoms with van der Waals surface area (Å²) in [6.45, 7) is 31.8.